The molecule has 0 aliphatic heterocycles. The van der Waals surface area contributed by atoms with E-state index in [1.807, 2.05) is 0 Å². The van der Waals surface area contributed by atoms with Crippen LogP contribution in [-0.2, 0) is 4.79 Å². The first kappa shape index (κ1) is 14.0. The molecule has 0 spiro atoms. The van der Waals surface area contributed by atoms with Crippen molar-refractivity contribution in [3.05, 3.63) is 29.8 Å². The van der Waals surface area contributed by atoms with Gasteiger partial charge in [0.05, 0.1) is 17.5 Å². The van der Waals surface area contributed by atoms with E-state index < -0.39 is 29.6 Å². The highest BCUT2D eigenvalue weighted by molar-refractivity contribution is 5.70. The summed E-state index contributed by atoms with van der Waals surface area (Å²) in [6.07, 6.45) is 0. The second-order valence-electron chi connectivity index (χ2n) is 4.44. The summed E-state index contributed by atoms with van der Waals surface area (Å²) in [5.74, 6) is -3.14. The number of aliphatic carboxylic acids is 1. The lowest BCUT2D eigenvalue weighted by Crippen LogP contribution is -2.23. The molecule has 0 aliphatic carbocycles. The van der Waals surface area contributed by atoms with E-state index >= 15 is 0 Å². The first-order chi connectivity index (χ1) is 9.41. The fraction of sp³-hybridized carbons (Fsp3) is 0.333. The van der Waals surface area contributed by atoms with Crippen LogP contribution in [0.2, 0.25) is 0 Å². The molecule has 0 bridgehead atoms. The largest absolute Gasteiger partial charge is 0.481 e. The number of hydrogen-bond donors (Lipinski definition) is 1. The van der Waals surface area contributed by atoms with Gasteiger partial charge in [-0.15, -0.1) is 5.10 Å². The van der Waals surface area contributed by atoms with Crippen LogP contribution in [0.3, 0.4) is 0 Å². The maximum Gasteiger partial charge on any atom is 0.308 e. The number of benzene rings is 1. The first-order valence-electron chi connectivity index (χ1n) is 5.88. The molecule has 0 fully saturated rings. The van der Waals surface area contributed by atoms with Crippen molar-refractivity contribution in [3.8, 4) is 11.4 Å². The van der Waals surface area contributed by atoms with Gasteiger partial charge in [0.25, 0.3) is 0 Å². The molecule has 8 heteroatoms. The minimum absolute atomic E-state index is 0.0115. The van der Waals surface area contributed by atoms with Crippen LogP contribution < -0.4 is 0 Å². The van der Waals surface area contributed by atoms with Crippen molar-refractivity contribution < 1.29 is 18.7 Å². The molecule has 2 unspecified atom stereocenters. The topological polar surface area (TPSA) is 80.9 Å². The summed E-state index contributed by atoms with van der Waals surface area (Å²) in [7, 11) is 0. The number of rotatable bonds is 4. The van der Waals surface area contributed by atoms with E-state index in [0.717, 1.165) is 18.2 Å². The predicted octanol–water partition coefficient (Wildman–Crippen LogP) is 1.90. The average Bonchev–Trinajstić information content (AvgIpc) is 2.88. The summed E-state index contributed by atoms with van der Waals surface area (Å²) < 4.78 is 28.1. The molecule has 2 aromatic rings. The van der Waals surface area contributed by atoms with E-state index in [4.69, 9.17) is 5.11 Å². The molecular weight excluding hydrogens is 270 g/mol. The number of carboxylic acid groups (broad SMARTS) is 1. The molecule has 2 atom stereocenters. The third-order valence-electron chi connectivity index (χ3n) is 3.16. The number of carboxylic acids is 1. The van der Waals surface area contributed by atoms with Gasteiger partial charge in [0.1, 0.15) is 11.6 Å². The van der Waals surface area contributed by atoms with E-state index in [1.165, 1.54) is 11.6 Å². The van der Waals surface area contributed by atoms with Gasteiger partial charge in [-0.1, -0.05) is 0 Å². The van der Waals surface area contributed by atoms with Crippen LogP contribution in [-0.4, -0.2) is 31.3 Å². The molecule has 1 aromatic carbocycles. The molecule has 20 heavy (non-hydrogen) atoms. The minimum atomic E-state index is -1.03. The standard InChI is InChI=1S/C12H12F2N4O2/c1-6(12(19)20)7(2)18-11(15-16-17-18)9-5-8(13)3-4-10(9)14/h3-7H,1-2H3,(H,19,20). The Morgan fingerprint density at radius 2 is 2.05 bits per heavy atom. The summed E-state index contributed by atoms with van der Waals surface area (Å²) in [5.41, 5.74) is -0.112. The van der Waals surface area contributed by atoms with Crippen molar-refractivity contribution in [2.45, 2.75) is 19.9 Å². The Kier molecular flexibility index (Phi) is 3.73. The van der Waals surface area contributed by atoms with Gasteiger partial charge >= 0.3 is 5.97 Å². The molecule has 0 radical (unpaired) electrons. The zero-order valence-corrected chi connectivity index (χ0v) is 10.8. The number of halogens is 2. The first-order valence-corrected chi connectivity index (χ1v) is 5.88. The van der Waals surface area contributed by atoms with E-state index in [9.17, 15) is 13.6 Å². The number of carbonyl (C=O) groups is 1. The minimum Gasteiger partial charge on any atom is -0.481 e. The summed E-state index contributed by atoms with van der Waals surface area (Å²) in [6.45, 7) is 3.08. The van der Waals surface area contributed by atoms with Crippen LogP contribution >= 0.6 is 0 Å². The van der Waals surface area contributed by atoms with Crippen LogP contribution in [0, 0.1) is 17.6 Å². The van der Waals surface area contributed by atoms with Crippen molar-refractivity contribution in [1.29, 1.82) is 0 Å². The molecule has 6 nitrogen and oxygen atoms in total. The Bertz CT molecular complexity index is 644. The Labute approximate surface area is 113 Å². The Balaban J connectivity index is 2.48. The van der Waals surface area contributed by atoms with Crippen molar-refractivity contribution in [3.63, 3.8) is 0 Å². The van der Waals surface area contributed by atoms with Crippen molar-refractivity contribution in [1.82, 2.24) is 20.2 Å². The molecule has 1 heterocycles. The van der Waals surface area contributed by atoms with Crippen LogP contribution in [0.25, 0.3) is 11.4 Å². The van der Waals surface area contributed by atoms with Crippen LogP contribution in [0.15, 0.2) is 18.2 Å². The maximum atomic E-state index is 13.7. The average molecular weight is 282 g/mol. The summed E-state index contributed by atoms with van der Waals surface area (Å²) in [4.78, 5) is 11.0. The second-order valence-corrected chi connectivity index (χ2v) is 4.44. The van der Waals surface area contributed by atoms with Gasteiger partial charge < -0.3 is 5.11 Å². The molecule has 0 saturated carbocycles. The molecule has 0 aliphatic rings. The molecule has 2 rings (SSSR count). The van der Waals surface area contributed by atoms with Crippen molar-refractivity contribution in [2.75, 3.05) is 0 Å². The predicted molar refractivity (Wildman–Crippen MR) is 64.7 cm³/mol. The molecular formula is C12H12F2N4O2. The fourth-order valence-electron chi connectivity index (χ4n) is 1.73. The highest BCUT2D eigenvalue weighted by Gasteiger charge is 2.26. The maximum absolute atomic E-state index is 13.7. The number of hydrogen-bond acceptors (Lipinski definition) is 4. The van der Waals surface area contributed by atoms with E-state index in [0.29, 0.717) is 0 Å². The lowest BCUT2D eigenvalue weighted by molar-refractivity contribution is -0.142. The van der Waals surface area contributed by atoms with E-state index in [2.05, 4.69) is 15.5 Å². The number of tetrazole rings is 1. The van der Waals surface area contributed by atoms with Gasteiger partial charge in [-0.05, 0) is 42.5 Å². The van der Waals surface area contributed by atoms with Gasteiger partial charge in [0.15, 0.2) is 5.82 Å². The molecule has 1 aromatic heterocycles. The van der Waals surface area contributed by atoms with Crippen LogP contribution in [0.5, 0.6) is 0 Å². The fourth-order valence-corrected chi connectivity index (χ4v) is 1.73. The Morgan fingerprint density at radius 3 is 2.70 bits per heavy atom. The van der Waals surface area contributed by atoms with Crippen molar-refractivity contribution >= 4 is 5.97 Å². The van der Waals surface area contributed by atoms with E-state index in [1.54, 1.807) is 6.92 Å². The number of nitrogens with zero attached hydrogens (tertiary/aromatic N) is 4. The number of aromatic nitrogens is 4. The Hall–Kier alpha value is -2.38. The third-order valence-corrected chi connectivity index (χ3v) is 3.16. The zero-order chi connectivity index (χ0) is 14.9. The monoisotopic (exact) mass is 282 g/mol. The molecule has 106 valence electrons. The highest BCUT2D eigenvalue weighted by Crippen LogP contribution is 2.26. The quantitative estimate of drug-likeness (QED) is 0.926. The lowest BCUT2D eigenvalue weighted by atomic mass is 10.0. The van der Waals surface area contributed by atoms with Gasteiger partial charge in [-0.2, -0.15) is 0 Å². The van der Waals surface area contributed by atoms with Gasteiger partial charge in [-0.3, -0.25) is 4.79 Å². The normalized spacial score (nSPS) is 14.0. The highest BCUT2D eigenvalue weighted by atomic mass is 19.1. The summed E-state index contributed by atoms with van der Waals surface area (Å²) in [5, 5.41) is 19.7. The summed E-state index contributed by atoms with van der Waals surface area (Å²) >= 11 is 0. The van der Waals surface area contributed by atoms with Crippen molar-refractivity contribution in [2.24, 2.45) is 5.92 Å². The lowest BCUT2D eigenvalue weighted by Gasteiger charge is -2.17. The van der Waals surface area contributed by atoms with Crippen LogP contribution in [0.4, 0.5) is 8.78 Å². The second kappa shape index (κ2) is 5.32. The Morgan fingerprint density at radius 1 is 1.35 bits per heavy atom. The smallest absolute Gasteiger partial charge is 0.308 e. The summed E-state index contributed by atoms with van der Waals surface area (Å²) in [6, 6.07) is 2.31. The van der Waals surface area contributed by atoms with Gasteiger partial charge in [0, 0.05) is 0 Å². The van der Waals surface area contributed by atoms with Gasteiger partial charge in [-0.25, -0.2) is 13.5 Å². The van der Waals surface area contributed by atoms with Gasteiger partial charge in [0.2, 0.25) is 0 Å². The van der Waals surface area contributed by atoms with Crippen LogP contribution in [0.1, 0.15) is 19.9 Å². The third kappa shape index (κ3) is 2.49. The SMILES string of the molecule is CC(C(=O)O)C(C)n1nnnc1-c1cc(F)ccc1F. The molecule has 0 amide bonds. The van der Waals surface area contributed by atoms with E-state index in [-0.39, 0.29) is 11.4 Å². The zero-order valence-electron chi connectivity index (χ0n) is 10.8. The molecule has 0 saturated heterocycles. The molecule has 1 N–H and O–H groups in total.